The number of carbonyl (C=O) groups is 3. The standard InChI is InChI=1S/C13H16N2O4S2/c1-4-19-12(18)11-7(2)14-13(21-11)15-6-9(5-10(15)17)20-8(3)16/h9H,4-6H2,1-3H3. The van der Waals surface area contributed by atoms with Crippen molar-refractivity contribution in [1.82, 2.24) is 4.98 Å². The number of hydrogen-bond acceptors (Lipinski definition) is 7. The number of esters is 1. The number of amides is 1. The molecule has 21 heavy (non-hydrogen) atoms. The molecular weight excluding hydrogens is 312 g/mol. The van der Waals surface area contributed by atoms with Gasteiger partial charge in [0.1, 0.15) is 4.88 Å². The Hall–Kier alpha value is -1.41. The molecule has 1 amide bonds. The third-order valence-corrected chi connectivity index (χ3v) is 5.04. The minimum atomic E-state index is -0.417. The van der Waals surface area contributed by atoms with Crippen LogP contribution >= 0.6 is 23.1 Å². The summed E-state index contributed by atoms with van der Waals surface area (Å²) < 4.78 is 4.96. The second-order valence-electron chi connectivity index (χ2n) is 4.57. The average molecular weight is 328 g/mol. The van der Waals surface area contributed by atoms with Gasteiger partial charge in [-0.15, -0.1) is 0 Å². The molecule has 2 rings (SSSR count). The summed E-state index contributed by atoms with van der Waals surface area (Å²) in [5, 5.41) is 0.439. The van der Waals surface area contributed by atoms with Crippen LogP contribution in [-0.4, -0.2) is 40.4 Å². The van der Waals surface area contributed by atoms with Crippen molar-refractivity contribution in [3.8, 4) is 0 Å². The van der Waals surface area contributed by atoms with E-state index in [4.69, 9.17) is 4.74 Å². The molecule has 0 N–H and O–H groups in total. The van der Waals surface area contributed by atoms with Crippen LogP contribution < -0.4 is 4.90 Å². The van der Waals surface area contributed by atoms with Crippen molar-refractivity contribution >= 4 is 45.2 Å². The molecule has 1 aliphatic heterocycles. The predicted octanol–water partition coefficient (Wildman–Crippen LogP) is 2.01. The van der Waals surface area contributed by atoms with E-state index in [-0.39, 0.29) is 16.3 Å². The van der Waals surface area contributed by atoms with Gasteiger partial charge in [0.25, 0.3) is 0 Å². The largest absolute Gasteiger partial charge is 0.462 e. The van der Waals surface area contributed by atoms with Gasteiger partial charge < -0.3 is 4.74 Å². The fourth-order valence-electron chi connectivity index (χ4n) is 2.06. The van der Waals surface area contributed by atoms with Gasteiger partial charge in [-0.1, -0.05) is 23.1 Å². The van der Waals surface area contributed by atoms with Crippen LogP contribution in [0.1, 0.15) is 35.6 Å². The van der Waals surface area contributed by atoms with E-state index in [1.165, 1.54) is 18.7 Å². The summed E-state index contributed by atoms with van der Waals surface area (Å²) in [6.45, 7) is 5.69. The summed E-state index contributed by atoms with van der Waals surface area (Å²) in [5.74, 6) is -0.488. The molecule has 0 saturated carbocycles. The highest BCUT2D eigenvalue weighted by Gasteiger charge is 2.34. The van der Waals surface area contributed by atoms with Crippen LogP contribution in [0.15, 0.2) is 0 Å². The maximum Gasteiger partial charge on any atom is 0.350 e. The molecule has 8 heteroatoms. The molecule has 1 fully saturated rings. The Morgan fingerprint density at radius 1 is 1.52 bits per heavy atom. The van der Waals surface area contributed by atoms with Crippen LogP contribution in [0.3, 0.4) is 0 Å². The molecule has 2 heterocycles. The Labute approximate surface area is 130 Å². The van der Waals surface area contributed by atoms with E-state index >= 15 is 0 Å². The zero-order valence-corrected chi connectivity index (χ0v) is 13.7. The van der Waals surface area contributed by atoms with Gasteiger partial charge in [-0.2, -0.15) is 0 Å². The summed E-state index contributed by atoms with van der Waals surface area (Å²) in [7, 11) is 0. The lowest BCUT2D eigenvalue weighted by atomic mass is 10.4. The minimum absolute atomic E-state index is 0.00261. The van der Waals surface area contributed by atoms with Gasteiger partial charge in [-0.05, 0) is 13.8 Å². The molecule has 6 nitrogen and oxygen atoms in total. The van der Waals surface area contributed by atoms with Gasteiger partial charge in [0.15, 0.2) is 10.2 Å². The molecule has 0 aromatic carbocycles. The molecule has 1 aromatic rings. The maximum atomic E-state index is 12.0. The van der Waals surface area contributed by atoms with Crippen molar-refractivity contribution in [2.45, 2.75) is 32.4 Å². The van der Waals surface area contributed by atoms with E-state index in [2.05, 4.69) is 4.98 Å². The summed E-state index contributed by atoms with van der Waals surface area (Å²) in [4.78, 5) is 41.2. The maximum absolute atomic E-state index is 12.0. The molecule has 0 spiro atoms. The number of aromatic nitrogens is 1. The molecule has 1 aromatic heterocycles. The minimum Gasteiger partial charge on any atom is -0.462 e. The lowest BCUT2D eigenvalue weighted by molar-refractivity contribution is -0.117. The molecule has 1 saturated heterocycles. The quantitative estimate of drug-likeness (QED) is 0.787. The third kappa shape index (κ3) is 3.62. The van der Waals surface area contributed by atoms with E-state index in [1.54, 1.807) is 18.7 Å². The monoisotopic (exact) mass is 328 g/mol. The molecule has 0 aliphatic carbocycles. The summed E-state index contributed by atoms with van der Waals surface area (Å²) in [5.41, 5.74) is 0.559. The number of rotatable bonds is 4. The van der Waals surface area contributed by atoms with Gasteiger partial charge in [-0.3, -0.25) is 14.5 Å². The van der Waals surface area contributed by atoms with Gasteiger partial charge in [0.05, 0.1) is 12.3 Å². The molecular formula is C13H16N2O4S2. The van der Waals surface area contributed by atoms with E-state index in [0.717, 1.165) is 11.3 Å². The van der Waals surface area contributed by atoms with Crippen LogP contribution in [0.4, 0.5) is 5.13 Å². The first-order chi connectivity index (χ1) is 9.92. The van der Waals surface area contributed by atoms with Crippen molar-refractivity contribution in [2.24, 2.45) is 0 Å². The molecule has 1 aliphatic rings. The Morgan fingerprint density at radius 2 is 2.24 bits per heavy atom. The van der Waals surface area contributed by atoms with E-state index in [0.29, 0.717) is 35.3 Å². The van der Waals surface area contributed by atoms with Crippen molar-refractivity contribution in [3.63, 3.8) is 0 Å². The van der Waals surface area contributed by atoms with Gasteiger partial charge in [0, 0.05) is 25.1 Å². The number of anilines is 1. The Kier molecular flexibility index (Phi) is 5.00. The normalized spacial score (nSPS) is 18.1. The first-order valence-electron chi connectivity index (χ1n) is 6.54. The van der Waals surface area contributed by atoms with Crippen molar-refractivity contribution in [2.75, 3.05) is 18.1 Å². The molecule has 1 atom stereocenters. The molecule has 0 radical (unpaired) electrons. The lowest BCUT2D eigenvalue weighted by Crippen LogP contribution is -2.24. The number of nitrogens with zero attached hydrogens (tertiary/aromatic N) is 2. The van der Waals surface area contributed by atoms with Crippen molar-refractivity contribution in [1.29, 1.82) is 0 Å². The van der Waals surface area contributed by atoms with Crippen LogP contribution in [0.2, 0.25) is 0 Å². The summed E-state index contributed by atoms with van der Waals surface area (Å²) in [6, 6.07) is 0. The second-order valence-corrected chi connectivity index (χ2v) is 7.03. The van der Waals surface area contributed by atoms with Crippen LogP contribution in [0, 0.1) is 6.92 Å². The van der Waals surface area contributed by atoms with Crippen LogP contribution in [0.25, 0.3) is 0 Å². The second kappa shape index (κ2) is 6.57. The van der Waals surface area contributed by atoms with E-state index in [1.807, 2.05) is 0 Å². The fraction of sp³-hybridized carbons (Fsp3) is 0.538. The summed E-state index contributed by atoms with van der Waals surface area (Å²) >= 11 is 2.33. The molecule has 1 unspecified atom stereocenters. The highest BCUT2D eigenvalue weighted by molar-refractivity contribution is 8.14. The van der Waals surface area contributed by atoms with Gasteiger partial charge in [-0.25, -0.2) is 9.78 Å². The number of thiazole rings is 1. The number of aryl methyl sites for hydroxylation is 1. The number of ether oxygens (including phenoxy) is 1. The first kappa shape index (κ1) is 16.0. The Morgan fingerprint density at radius 3 is 2.86 bits per heavy atom. The predicted molar refractivity (Wildman–Crippen MR) is 81.8 cm³/mol. The number of thioether (sulfide) groups is 1. The average Bonchev–Trinajstić information content (AvgIpc) is 2.92. The smallest absolute Gasteiger partial charge is 0.350 e. The SMILES string of the molecule is CCOC(=O)c1sc(N2CC(SC(C)=O)CC2=O)nc1C. The van der Waals surface area contributed by atoms with E-state index < -0.39 is 5.97 Å². The Balaban J connectivity index is 2.15. The third-order valence-electron chi connectivity index (χ3n) is 2.90. The highest BCUT2D eigenvalue weighted by atomic mass is 32.2. The molecule has 0 bridgehead atoms. The van der Waals surface area contributed by atoms with E-state index in [9.17, 15) is 14.4 Å². The number of hydrogen-bond donors (Lipinski definition) is 0. The van der Waals surface area contributed by atoms with Crippen molar-refractivity contribution in [3.05, 3.63) is 10.6 Å². The Bertz CT molecular complexity index is 585. The lowest BCUT2D eigenvalue weighted by Gasteiger charge is -2.11. The summed E-state index contributed by atoms with van der Waals surface area (Å²) in [6.07, 6.45) is 0.317. The zero-order chi connectivity index (χ0) is 15.6. The fourth-order valence-corrected chi connectivity index (χ4v) is 3.96. The highest BCUT2D eigenvalue weighted by Crippen LogP contribution is 2.33. The topological polar surface area (TPSA) is 76.6 Å². The first-order valence-corrected chi connectivity index (χ1v) is 8.24. The zero-order valence-electron chi connectivity index (χ0n) is 12.0. The number of carbonyl (C=O) groups excluding carboxylic acids is 3. The van der Waals surface area contributed by atoms with Gasteiger partial charge in [0.2, 0.25) is 5.91 Å². The molecule has 114 valence electrons. The van der Waals surface area contributed by atoms with Crippen molar-refractivity contribution < 1.29 is 19.1 Å². The van der Waals surface area contributed by atoms with Crippen LogP contribution in [0.5, 0.6) is 0 Å². The van der Waals surface area contributed by atoms with Crippen LogP contribution in [-0.2, 0) is 14.3 Å². The van der Waals surface area contributed by atoms with Gasteiger partial charge >= 0.3 is 5.97 Å².